The van der Waals surface area contributed by atoms with Gasteiger partial charge in [-0.15, -0.1) is 0 Å². The lowest BCUT2D eigenvalue weighted by Crippen LogP contribution is -2.38. The first-order valence-electron chi connectivity index (χ1n) is 6.96. The van der Waals surface area contributed by atoms with Crippen LogP contribution in [0.5, 0.6) is 0 Å². The normalized spacial score (nSPS) is 16.7. The summed E-state index contributed by atoms with van der Waals surface area (Å²) in [5.74, 6) is 0.793. The molecule has 110 valence electrons. The van der Waals surface area contributed by atoms with Gasteiger partial charge in [-0.25, -0.2) is 0 Å². The molecule has 2 rings (SSSR count). The average Bonchev–Trinajstić information content (AvgIpc) is 2.38. The molecule has 0 aliphatic carbocycles. The highest BCUT2D eigenvalue weighted by Gasteiger charge is 2.22. The largest absolute Gasteiger partial charge is 0.389 e. The Hall–Kier alpha value is -0.650. The van der Waals surface area contributed by atoms with Crippen LogP contribution in [0.25, 0.3) is 0 Å². The summed E-state index contributed by atoms with van der Waals surface area (Å²) in [5, 5.41) is 0. The van der Waals surface area contributed by atoms with Crippen molar-refractivity contribution < 1.29 is 0 Å². The molecule has 1 aromatic rings. The maximum atomic E-state index is 5.85. The molecule has 0 atom stereocenters. The van der Waals surface area contributed by atoms with Gasteiger partial charge in [0.1, 0.15) is 4.99 Å². The summed E-state index contributed by atoms with van der Waals surface area (Å²) >= 11 is 8.71. The van der Waals surface area contributed by atoms with Crippen LogP contribution in [0.4, 0.5) is 5.69 Å². The third kappa shape index (κ3) is 3.93. The molecule has 1 aliphatic heterocycles. The van der Waals surface area contributed by atoms with Gasteiger partial charge >= 0.3 is 0 Å². The highest BCUT2D eigenvalue weighted by molar-refractivity contribution is 9.10. The predicted molar refractivity (Wildman–Crippen MR) is 93.5 cm³/mol. The lowest BCUT2D eigenvalue weighted by molar-refractivity contribution is 0.285. The number of nitrogens with zero attached hydrogens (tertiary/aromatic N) is 2. The van der Waals surface area contributed by atoms with Gasteiger partial charge < -0.3 is 15.5 Å². The molecular formula is C15H22BrN3S. The Kier molecular flexibility index (Phi) is 5.41. The molecule has 1 saturated heterocycles. The number of hydrogen-bond acceptors (Lipinski definition) is 3. The number of anilines is 1. The van der Waals surface area contributed by atoms with E-state index in [0.717, 1.165) is 34.7 Å². The van der Waals surface area contributed by atoms with Gasteiger partial charge in [0.15, 0.2) is 0 Å². The number of piperidine rings is 1. The van der Waals surface area contributed by atoms with Gasteiger partial charge in [-0.1, -0.05) is 28.1 Å². The molecule has 0 radical (unpaired) electrons. The standard InChI is InChI=1S/C15H22BrN3S/c1-18(2)10-11-5-7-19(8-6-11)14-9-12(16)3-4-13(14)15(17)20/h3-4,9,11H,5-8,10H2,1-2H3,(H2,17,20). The highest BCUT2D eigenvalue weighted by atomic mass is 79.9. The zero-order valence-electron chi connectivity index (χ0n) is 12.1. The molecular weight excluding hydrogens is 334 g/mol. The minimum atomic E-state index is 0.475. The van der Waals surface area contributed by atoms with Crippen molar-refractivity contribution in [3.05, 3.63) is 28.2 Å². The molecule has 0 amide bonds. The van der Waals surface area contributed by atoms with Gasteiger partial charge in [-0.05, 0) is 51.1 Å². The van der Waals surface area contributed by atoms with E-state index >= 15 is 0 Å². The van der Waals surface area contributed by atoms with E-state index in [1.807, 2.05) is 12.1 Å². The highest BCUT2D eigenvalue weighted by Crippen LogP contribution is 2.29. The van der Waals surface area contributed by atoms with Crippen LogP contribution < -0.4 is 10.6 Å². The van der Waals surface area contributed by atoms with Gasteiger partial charge in [0.25, 0.3) is 0 Å². The van der Waals surface area contributed by atoms with E-state index in [9.17, 15) is 0 Å². The molecule has 0 aromatic heterocycles. The first-order valence-corrected chi connectivity index (χ1v) is 8.16. The van der Waals surface area contributed by atoms with Gasteiger partial charge in [0.2, 0.25) is 0 Å². The third-order valence-corrected chi connectivity index (χ3v) is 4.52. The Morgan fingerprint density at radius 2 is 2.05 bits per heavy atom. The van der Waals surface area contributed by atoms with Crippen LogP contribution in [-0.4, -0.2) is 43.6 Å². The molecule has 1 fully saturated rings. The summed E-state index contributed by atoms with van der Waals surface area (Å²) < 4.78 is 1.07. The molecule has 3 nitrogen and oxygen atoms in total. The number of thiocarbonyl (C=S) groups is 1. The Bertz CT molecular complexity index is 482. The zero-order chi connectivity index (χ0) is 14.7. The molecule has 1 aromatic carbocycles. The minimum Gasteiger partial charge on any atom is -0.389 e. The molecule has 1 heterocycles. The molecule has 0 saturated carbocycles. The number of nitrogens with two attached hydrogens (primary N) is 1. The lowest BCUT2D eigenvalue weighted by atomic mass is 9.95. The van der Waals surface area contributed by atoms with Crippen molar-refractivity contribution in [2.45, 2.75) is 12.8 Å². The summed E-state index contributed by atoms with van der Waals surface area (Å²) in [7, 11) is 4.29. The predicted octanol–water partition coefficient (Wildman–Crippen LogP) is 2.86. The first-order chi connectivity index (χ1) is 9.47. The van der Waals surface area contributed by atoms with E-state index < -0.39 is 0 Å². The van der Waals surface area contributed by atoms with Crippen molar-refractivity contribution in [1.29, 1.82) is 0 Å². The van der Waals surface area contributed by atoms with E-state index in [1.165, 1.54) is 19.4 Å². The number of rotatable bonds is 4. The summed E-state index contributed by atoms with van der Waals surface area (Å²) in [4.78, 5) is 5.16. The van der Waals surface area contributed by atoms with Gasteiger partial charge in [-0.3, -0.25) is 0 Å². The van der Waals surface area contributed by atoms with E-state index in [4.69, 9.17) is 18.0 Å². The second-order valence-corrected chi connectivity index (χ2v) is 7.07. The average molecular weight is 356 g/mol. The Morgan fingerprint density at radius 1 is 1.40 bits per heavy atom. The van der Waals surface area contributed by atoms with Crippen LogP contribution in [-0.2, 0) is 0 Å². The second-order valence-electron chi connectivity index (χ2n) is 5.72. The van der Waals surface area contributed by atoms with Crippen LogP contribution in [0.3, 0.4) is 0 Å². The molecule has 0 bridgehead atoms. The quantitative estimate of drug-likeness (QED) is 0.841. The SMILES string of the molecule is CN(C)CC1CCN(c2cc(Br)ccc2C(N)=S)CC1. The zero-order valence-corrected chi connectivity index (χ0v) is 14.5. The number of hydrogen-bond donors (Lipinski definition) is 1. The van der Waals surface area contributed by atoms with Crippen LogP contribution >= 0.6 is 28.1 Å². The molecule has 0 unspecified atom stereocenters. The molecule has 0 spiro atoms. The van der Waals surface area contributed by atoms with Crippen molar-refractivity contribution in [3.8, 4) is 0 Å². The number of halogens is 1. The molecule has 2 N–H and O–H groups in total. The first kappa shape index (κ1) is 15.7. The molecule has 1 aliphatic rings. The molecule has 20 heavy (non-hydrogen) atoms. The fourth-order valence-electron chi connectivity index (χ4n) is 2.85. The molecule has 5 heteroatoms. The Morgan fingerprint density at radius 3 is 2.60 bits per heavy atom. The maximum absolute atomic E-state index is 5.85. The Balaban J connectivity index is 2.10. The van der Waals surface area contributed by atoms with Gasteiger partial charge in [0, 0.05) is 35.4 Å². The number of benzene rings is 1. The monoisotopic (exact) mass is 355 g/mol. The van der Waals surface area contributed by atoms with Gasteiger partial charge in [-0.2, -0.15) is 0 Å². The topological polar surface area (TPSA) is 32.5 Å². The van der Waals surface area contributed by atoms with Crippen molar-refractivity contribution in [2.75, 3.05) is 38.6 Å². The van der Waals surface area contributed by atoms with E-state index in [0.29, 0.717) is 4.99 Å². The second kappa shape index (κ2) is 6.87. The minimum absolute atomic E-state index is 0.475. The lowest BCUT2D eigenvalue weighted by Gasteiger charge is -2.35. The maximum Gasteiger partial charge on any atom is 0.106 e. The fourth-order valence-corrected chi connectivity index (χ4v) is 3.37. The fraction of sp³-hybridized carbons (Fsp3) is 0.533. The Labute approximate surface area is 135 Å². The van der Waals surface area contributed by atoms with Crippen LogP contribution in [0.2, 0.25) is 0 Å². The summed E-state index contributed by atoms with van der Waals surface area (Å²) in [6.07, 6.45) is 2.45. The van der Waals surface area contributed by atoms with Crippen molar-refractivity contribution >= 4 is 38.8 Å². The summed E-state index contributed by atoms with van der Waals surface area (Å²) in [6, 6.07) is 6.13. The van der Waals surface area contributed by atoms with E-state index in [2.05, 4.69) is 45.9 Å². The van der Waals surface area contributed by atoms with Crippen LogP contribution in [0, 0.1) is 5.92 Å². The third-order valence-electron chi connectivity index (χ3n) is 3.80. The van der Waals surface area contributed by atoms with Crippen LogP contribution in [0.15, 0.2) is 22.7 Å². The van der Waals surface area contributed by atoms with Gasteiger partial charge in [0.05, 0.1) is 0 Å². The van der Waals surface area contributed by atoms with Crippen molar-refractivity contribution in [1.82, 2.24) is 4.90 Å². The van der Waals surface area contributed by atoms with E-state index in [-0.39, 0.29) is 0 Å². The summed E-state index contributed by atoms with van der Waals surface area (Å²) in [6.45, 7) is 3.32. The summed E-state index contributed by atoms with van der Waals surface area (Å²) in [5.41, 5.74) is 7.99. The van der Waals surface area contributed by atoms with Crippen molar-refractivity contribution in [3.63, 3.8) is 0 Å². The van der Waals surface area contributed by atoms with E-state index in [1.54, 1.807) is 0 Å². The smallest absolute Gasteiger partial charge is 0.106 e. The van der Waals surface area contributed by atoms with Crippen molar-refractivity contribution in [2.24, 2.45) is 11.7 Å². The van der Waals surface area contributed by atoms with Crippen LogP contribution in [0.1, 0.15) is 18.4 Å².